The summed E-state index contributed by atoms with van der Waals surface area (Å²) in [6.45, 7) is 3.31. The number of esters is 1. The summed E-state index contributed by atoms with van der Waals surface area (Å²) < 4.78 is 10.7. The van der Waals surface area contributed by atoms with Gasteiger partial charge in [0.05, 0.1) is 18.7 Å². The van der Waals surface area contributed by atoms with Crippen molar-refractivity contribution in [2.24, 2.45) is 0 Å². The van der Waals surface area contributed by atoms with E-state index in [0.29, 0.717) is 18.7 Å². The molecule has 23 heavy (non-hydrogen) atoms. The highest BCUT2D eigenvalue weighted by Gasteiger charge is 2.19. The van der Waals surface area contributed by atoms with Crippen LogP contribution in [0.15, 0.2) is 42.5 Å². The van der Waals surface area contributed by atoms with E-state index in [1.54, 1.807) is 12.1 Å². The van der Waals surface area contributed by atoms with Gasteiger partial charge in [0, 0.05) is 12.1 Å². The topological polar surface area (TPSA) is 47.6 Å². The molecule has 0 aliphatic carbocycles. The van der Waals surface area contributed by atoms with Crippen molar-refractivity contribution >= 4 is 18.4 Å². The molecular weight excluding hydrogens is 314 g/mol. The lowest BCUT2D eigenvalue weighted by Gasteiger charge is -2.16. The van der Waals surface area contributed by atoms with Crippen molar-refractivity contribution in [3.05, 3.63) is 64.7 Å². The number of ether oxygens (including phenoxy) is 2. The number of nitrogens with one attached hydrogen (secondary N) is 1. The molecule has 1 aliphatic rings. The second-order valence-electron chi connectivity index (χ2n) is 5.47. The molecule has 5 heteroatoms. The second-order valence-corrected chi connectivity index (χ2v) is 5.47. The number of hydrogen-bond acceptors (Lipinski definition) is 4. The van der Waals surface area contributed by atoms with Crippen molar-refractivity contribution in [3.8, 4) is 5.75 Å². The van der Waals surface area contributed by atoms with Crippen LogP contribution in [-0.4, -0.2) is 19.7 Å². The smallest absolute Gasteiger partial charge is 0.337 e. The number of halogens is 1. The SMILES string of the molecule is COC(=O)c1ccc2c(c1)OC[C@H](c1ccc(C)cc1)NC2.Cl. The summed E-state index contributed by atoms with van der Waals surface area (Å²) in [4.78, 5) is 11.6. The third kappa shape index (κ3) is 3.84. The molecular formula is C18H20ClNO3. The van der Waals surface area contributed by atoms with Crippen molar-refractivity contribution in [2.45, 2.75) is 19.5 Å². The molecule has 0 aromatic heterocycles. The largest absolute Gasteiger partial charge is 0.491 e. The maximum Gasteiger partial charge on any atom is 0.337 e. The Morgan fingerprint density at radius 3 is 2.65 bits per heavy atom. The van der Waals surface area contributed by atoms with E-state index in [-0.39, 0.29) is 24.4 Å². The van der Waals surface area contributed by atoms with Crippen LogP contribution in [0.2, 0.25) is 0 Å². The van der Waals surface area contributed by atoms with Gasteiger partial charge in [-0.15, -0.1) is 12.4 Å². The average molecular weight is 334 g/mol. The van der Waals surface area contributed by atoms with Gasteiger partial charge >= 0.3 is 5.97 Å². The molecule has 4 nitrogen and oxygen atoms in total. The zero-order valence-electron chi connectivity index (χ0n) is 13.2. The summed E-state index contributed by atoms with van der Waals surface area (Å²) >= 11 is 0. The van der Waals surface area contributed by atoms with Gasteiger partial charge < -0.3 is 14.8 Å². The van der Waals surface area contributed by atoms with E-state index >= 15 is 0 Å². The van der Waals surface area contributed by atoms with Gasteiger partial charge in [0.15, 0.2) is 0 Å². The van der Waals surface area contributed by atoms with Gasteiger partial charge in [-0.25, -0.2) is 4.79 Å². The fourth-order valence-corrected chi connectivity index (χ4v) is 2.56. The Morgan fingerprint density at radius 2 is 1.96 bits per heavy atom. The van der Waals surface area contributed by atoms with Gasteiger partial charge in [-0.05, 0) is 24.6 Å². The minimum atomic E-state index is -0.348. The molecule has 1 heterocycles. The summed E-state index contributed by atoms with van der Waals surface area (Å²) in [5, 5.41) is 3.50. The van der Waals surface area contributed by atoms with Crippen LogP contribution in [0.4, 0.5) is 0 Å². The van der Waals surface area contributed by atoms with E-state index < -0.39 is 0 Å². The molecule has 0 spiro atoms. The maximum atomic E-state index is 11.6. The molecule has 122 valence electrons. The highest BCUT2D eigenvalue weighted by Crippen LogP contribution is 2.27. The summed E-state index contributed by atoms with van der Waals surface area (Å²) in [6, 6.07) is 14.0. The number of hydrogen-bond donors (Lipinski definition) is 1. The first-order chi connectivity index (χ1) is 10.7. The first-order valence-corrected chi connectivity index (χ1v) is 7.31. The lowest BCUT2D eigenvalue weighted by atomic mass is 10.1. The minimum Gasteiger partial charge on any atom is -0.491 e. The highest BCUT2D eigenvalue weighted by molar-refractivity contribution is 5.89. The monoisotopic (exact) mass is 333 g/mol. The van der Waals surface area contributed by atoms with E-state index in [4.69, 9.17) is 9.47 Å². The average Bonchev–Trinajstić information content (AvgIpc) is 2.77. The van der Waals surface area contributed by atoms with Crippen LogP contribution < -0.4 is 10.1 Å². The zero-order chi connectivity index (χ0) is 15.5. The molecule has 0 amide bonds. The van der Waals surface area contributed by atoms with Crippen molar-refractivity contribution in [3.63, 3.8) is 0 Å². The molecule has 0 saturated heterocycles. The molecule has 2 aromatic rings. The van der Waals surface area contributed by atoms with E-state index in [1.807, 2.05) is 6.07 Å². The van der Waals surface area contributed by atoms with Crippen molar-refractivity contribution in [1.82, 2.24) is 5.32 Å². The number of carbonyl (C=O) groups is 1. The predicted molar refractivity (Wildman–Crippen MR) is 91.3 cm³/mol. The summed E-state index contributed by atoms with van der Waals surface area (Å²) in [5.41, 5.74) is 3.99. The quantitative estimate of drug-likeness (QED) is 0.855. The van der Waals surface area contributed by atoms with Crippen molar-refractivity contribution in [2.75, 3.05) is 13.7 Å². The van der Waals surface area contributed by atoms with E-state index in [2.05, 4.69) is 36.5 Å². The first-order valence-electron chi connectivity index (χ1n) is 7.31. The number of methoxy groups -OCH3 is 1. The molecule has 1 N–H and O–H groups in total. The fraction of sp³-hybridized carbons (Fsp3) is 0.278. The predicted octanol–water partition coefficient (Wildman–Crippen LogP) is 3.43. The van der Waals surface area contributed by atoms with Crippen LogP contribution >= 0.6 is 12.4 Å². The molecule has 3 rings (SSSR count). The standard InChI is InChI=1S/C18H19NO3.ClH/c1-12-3-5-13(6-4-12)16-11-22-17-9-14(18(20)21-2)7-8-15(17)10-19-16;/h3-9,16,19H,10-11H2,1-2H3;1H/t16-;/m1./s1. The third-order valence-electron chi connectivity index (χ3n) is 3.91. The lowest BCUT2D eigenvalue weighted by molar-refractivity contribution is 0.0600. The molecule has 0 unspecified atom stereocenters. The number of rotatable bonds is 2. The van der Waals surface area contributed by atoms with Crippen molar-refractivity contribution in [1.29, 1.82) is 0 Å². The van der Waals surface area contributed by atoms with Gasteiger partial charge in [-0.2, -0.15) is 0 Å². The zero-order valence-corrected chi connectivity index (χ0v) is 14.0. The normalized spacial score (nSPS) is 16.3. The number of aryl methyl sites for hydroxylation is 1. The Labute approximate surface area is 142 Å². The summed E-state index contributed by atoms with van der Waals surface area (Å²) in [7, 11) is 1.38. The molecule has 0 saturated carbocycles. The molecule has 0 radical (unpaired) electrons. The fourth-order valence-electron chi connectivity index (χ4n) is 2.56. The molecule has 1 atom stereocenters. The molecule has 2 aromatic carbocycles. The van der Waals surface area contributed by atoms with Gasteiger partial charge in [-0.3, -0.25) is 0 Å². The first kappa shape index (κ1) is 17.3. The Morgan fingerprint density at radius 1 is 1.22 bits per heavy atom. The van der Waals surface area contributed by atoms with E-state index in [9.17, 15) is 4.79 Å². The highest BCUT2D eigenvalue weighted by atomic mass is 35.5. The van der Waals surface area contributed by atoms with Crippen LogP contribution in [0.5, 0.6) is 5.75 Å². The summed E-state index contributed by atoms with van der Waals surface area (Å²) in [5.74, 6) is 0.392. The van der Waals surface area contributed by atoms with Gasteiger partial charge in [0.25, 0.3) is 0 Å². The molecule has 1 aliphatic heterocycles. The minimum absolute atomic E-state index is 0. The number of benzene rings is 2. The van der Waals surface area contributed by atoms with Crippen LogP contribution in [0.25, 0.3) is 0 Å². The van der Waals surface area contributed by atoms with Crippen LogP contribution in [0.1, 0.15) is 33.1 Å². The Balaban J connectivity index is 0.00000192. The van der Waals surface area contributed by atoms with Crippen molar-refractivity contribution < 1.29 is 14.3 Å². The van der Waals surface area contributed by atoms with Crippen LogP contribution in [0, 0.1) is 6.92 Å². The number of fused-ring (bicyclic) bond motifs is 1. The van der Waals surface area contributed by atoms with Gasteiger partial charge in [0.2, 0.25) is 0 Å². The maximum absolute atomic E-state index is 11.6. The van der Waals surface area contributed by atoms with Gasteiger partial charge in [0.1, 0.15) is 12.4 Å². The Hall–Kier alpha value is -2.04. The van der Waals surface area contributed by atoms with Gasteiger partial charge in [-0.1, -0.05) is 35.9 Å². The third-order valence-corrected chi connectivity index (χ3v) is 3.91. The molecule has 0 fully saturated rings. The molecule has 0 bridgehead atoms. The van der Waals surface area contributed by atoms with E-state index in [1.165, 1.54) is 18.2 Å². The number of carbonyl (C=O) groups excluding carboxylic acids is 1. The van der Waals surface area contributed by atoms with E-state index in [0.717, 1.165) is 11.3 Å². The van der Waals surface area contributed by atoms with Crippen LogP contribution in [0.3, 0.4) is 0 Å². The Kier molecular flexibility index (Phi) is 5.64. The second kappa shape index (κ2) is 7.49. The summed E-state index contributed by atoms with van der Waals surface area (Å²) in [6.07, 6.45) is 0. The van der Waals surface area contributed by atoms with Crippen LogP contribution in [-0.2, 0) is 11.3 Å². The Bertz CT molecular complexity index is 685. The lowest BCUT2D eigenvalue weighted by Crippen LogP contribution is -2.23.